The van der Waals surface area contributed by atoms with Gasteiger partial charge in [0.15, 0.2) is 0 Å². The van der Waals surface area contributed by atoms with Crippen molar-refractivity contribution in [1.82, 2.24) is 9.91 Å². The molecule has 1 unspecified atom stereocenters. The topological polar surface area (TPSA) is 71.4 Å². The maximum Gasteiger partial charge on any atom is 0.431 e. The van der Waals surface area contributed by atoms with Crippen molar-refractivity contribution in [1.29, 1.82) is 0 Å². The van der Waals surface area contributed by atoms with E-state index in [1.165, 1.54) is 5.01 Å². The van der Waals surface area contributed by atoms with Crippen LogP contribution >= 0.6 is 23.2 Å². The van der Waals surface area contributed by atoms with Crippen molar-refractivity contribution in [3.63, 3.8) is 0 Å². The van der Waals surface area contributed by atoms with Gasteiger partial charge in [-0.2, -0.15) is 10.1 Å². The molecule has 1 fully saturated rings. The van der Waals surface area contributed by atoms with Crippen molar-refractivity contribution in [2.75, 3.05) is 13.1 Å². The molecule has 2 aromatic carbocycles. The molecule has 202 valence electrons. The molecule has 1 spiro atoms. The fourth-order valence-corrected chi connectivity index (χ4v) is 5.97. The van der Waals surface area contributed by atoms with Crippen molar-refractivity contribution < 1.29 is 19.1 Å². The second kappa shape index (κ2) is 9.25. The molecular formula is C29H33Cl2N3O4. The van der Waals surface area contributed by atoms with E-state index in [4.69, 9.17) is 37.8 Å². The zero-order valence-electron chi connectivity index (χ0n) is 22.6. The van der Waals surface area contributed by atoms with Gasteiger partial charge in [0.05, 0.1) is 30.9 Å². The average molecular weight is 559 g/mol. The number of hydrazone groups is 1. The fourth-order valence-electron chi connectivity index (χ4n) is 5.45. The van der Waals surface area contributed by atoms with E-state index in [2.05, 4.69) is 12.1 Å². The van der Waals surface area contributed by atoms with E-state index in [9.17, 15) is 9.59 Å². The van der Waals surface area contributed by atoms with Crippen LogP contribution in [-0.2, 0) is 32.0 Å². The van der Waals surface area contributed by atoms with Gasteiger partial charge in [-0.05, 0) is 74.2 Å². The quantitative estimate of drug-likeness (QED) is 0.433. The van der Waals surface area contributed by atoms with Crippen LogP contribution in [0.3, 0.4) is 0 Å². The minimum atomic E-state index is -0.853. The molecule has 2 amide bonds. The number of amides is 2. The first-order valence-corrected chi connectivity index (χ1v) is 13.6. The number of rotatable bonds is 3. The molecule has 0 saturated carbocycles. The summed E-state index contributed by atoms with van der Waals surface area (Å²) < 4.78 is 11.9. The molecule has 3 heterocycles. The van der Waals surface area contributed by atoms with Gasteiger partial charge < -0.3 is 14.4 Å². The minimum Gasteiger partial charge on any atom is -0.442 e. The molecule has 0 aliphatic carbocycles. The maximum absolute atomic E-state index is 13.3. The van der Waals surface area contributed by atoms with Crippen LogP contribution in [0.15, 0.2) is 41.5 Å². The van der Waals surface area contributed by atoms with E-state index >= 15 is 0 Å². The highest BCUT2D eigenvalue weighted by Crippen LogP contribution is 2.46. The third kappa shape index (κ3) is 4.69. The van der Waals surface area contributed by atoms with Crippen LogP contribution in [0.2, 0.25) is 10.0 Å². The minimum absolute atomic E-state index is 0.0346. The highest BCUT2D eigenvalue weighted by Gasteiger charge is 2.52. The van der Waals surface area contributed by atoms with E-state index in [-0.39, 0.29) is 11.8 Å². The molecule has 9 heteroatoms. The number of hydrogen-bond acceptors (Lipinski definition) is 5. The first-order valence-electron chi connectivity index (χ1n) is 12.8. The zero-order chi connectivity index (χ0) is 27.6. The fraction of sp³-hybridized carbons (Fsp3) is 0.483. The van der Waals surface area contributed by atoms with Gasteiger partial charge in [-0.25, -0.2) is 4.79 Å². The lowest BCUT2D eigenvalue weighted by Crippen LogP contribution is -2.61. The number of fused-ring (bicyclic) bond motifs is 2. The molecule has 1 atom stereocenters. The third-order valence-electron chi connectivity index (χ3n) is 7.38. The van der Waals surface area contributed by atoms with Gasteiger partial charge in [-0.15, -0.1) is 0 Å². The summed E-state index contributed by atoms with van der Waals surface area (Å²) in [5.41, 5.74) is 2.64. The molecule has 7 nitrogen and oxygen atoms in total. The van der Waals surface area contributed by atoms with Gasteiger partial charge in [0.25, 0.3) is 0 Å². The molecule has 0 aromatic heterocycles. The summed E-state index contributed by atoms with van der Waals surface area (Å²) in [4.78, 5) is 27.6. The molecule has 2 aromatic rings. The van der Waals surface area contributed by atoms with Gasteiger partial charge >= 0.3 is 6.09 Å². The summed E-state index contributed by atoms with van der Waals surface area (Å²) in [5, 5.41) is 7.15. The second-order valence-electron chi connectivity index (χ2n) is 12.0. The SMILES string of the molecule is CC(C)C(=O)N1CC2(C1)OCc1cc(C3=NN(C(=O)OC(C)(C)C)C(C)(c4cc(Cl)cc(Cl)c4)C3)ccc12. The molecular weight excluding hydrogens is 525 g/mol. The smallest absolute Gasteiger partial charge is 0.431 e. The standard InChI is InChI=1S/C29H33Cl2N3O4/c1-17(2)25(35)33-15-29(16-33)23-8-7-18(9-19(23)14-37-29)24-13-28(6,20-10-21(30)12-22(31)11-20)34(32-24)26(36)38-27(3,4)5/h7-12,17H,13-16H2,1-6H3. The molecule has 5 rings (SSSR count). The summed E-state index contributed by atoms with van der Waals surface area (Å²) in [6.07, 6.45) is -0.0939. The Morgan fingerprint density at radius 2 is 1.74 bits per heavy atom. The maximum atomic E-state index is 13.3. The number of carbonyl (C=O) groups excluding carboxylic acids is 2. The molecule has 3 aliphatic heterocycles. The number of ether oxygens (including phenoxy) is 2. The summed E-state index contributed by atoms with van der Waals surface area (Å²) in [5.74, 6) is 0.111. The highest BCUT2D eigenvalue weighted by molar-refractivity contribution is 6.34. The highest BCUT2D eigenvalue weighted by atomic mass is 35.5. The largest absolute Gasteiger partial charge is 0.442 e. The zero-order valence-corrected chi connectivity index (χ0v) is 24.1. The lowest BCUT2D eigenvalue weighted by molar-refractivity contribution is -0.171. The summed E-state index contributed by atoms with van der Waals surface area (Å²) in [6.45, 7) is 12.8. The van der Waals surface area contributed by atoms with Crippen molar-refractivity contribution >= 4 is 40.9 Å². The lowest BCUT2D eigenvalue weighted by atomic mass is 9.82. The lowest BCUT2D eigenvalue weighted by Gasteiger charge is -2.48. The molecule has 38 heavy (non-hydrogen) atoms. The normalized spacial score (nSPS) is 22.0. The average Bonchev–Trinajstić information content (AvgIpc) is 3.34. The molecule has 1 saturated heterocycles. The van der Waals surface area contributed by atoms with Crippen LogP contribution in [0.5, 0.6) is 0 Å². The number of benzene rings is 2. The first kappa shape index (κ1) is 27.0. The van der Waals surface area contributed by atoms with E-state index < -0.39 is 22.8 Å². The van der Waals surface area contributed by atoms with Crippen molar-refractivity contribution in [3.8, 4) is 0 Å². The van der Waals surface area contributed by atoms with Crippen molar-refractivity contribution in [2.45, 2.75) is 71.3 Å². The summed E-state index contributed by atoms with van der Waals surface area (Å²) in [7, 11) is 0. The Morgan fingerprint density at radius 1 is 1.08 bits per heavy atom. The number of hydrogen-bond donors (Lipinski definition) is 0. The molecule has 0 radical (unpaired) electrons. The van der Waals surface area contributed by atoms with Crippen LogP contribution in [0.25, 0.3) is 0 Å². The van der Waals surface area contributed by atoms with E-state index in [0.29, 0.717) is 36.2 Å². The Hall–Kier alpha value is -2.61. The molecule has 0 N–H and O–H groups in total. The Kier molecular flexibility index (Phi) is 6.56. The first-order chi connectivity index (χ1) is 17.7. The predicted molar refractivity (Wildman–Crippen MR) is 147 cm³/mol. The van der Waals surface area contributed by atoms with Crippen LogP contribution < -0.4 is 0 Å². The Labute approximate surface area is 233 Å². The van der Waals surface area contributed by atoms with E-state index in [1.54, 1.807) is 6.07 Å². The third-order valence-corrected chi connectivity index (χ3v) is 7.82. The van der Waals surface area contributed by atoms with E-state index in [0.717, 1.165) is 28.0 Å². The van der Waals surface area contributed by atoms with Gasteiger partial charge in [0.2, 0.25) is 5.91 Å². The number of halogens is 2. The Bertz CT molecular complexity index is 1320. The summed E-state index contributed by atoms with van der Waals surface area (Å²) >= 11 is 12.7. The van der Waals surface area contributed by atoms with Gasteiger partial charge in [-0.3, -0.25) is 4.79 Å². The molecule has 0 bridgehead atoms. The van der Waals surface area contributed by atoms with Crippen LogP contribution in [-0.4, -0.2) is 46.3 Å². The Balaban J connectivity index is 1.46. The van der Waals surface area contributed by atoms with Crippen LogP contribution in [0, 0.1) is 5.92 Å². The second-order valence-corrected chi connectivity index (χ2v) is 12.8. The van der Waals surface area contributed by atoms with Crippen molar-refractivity contribution in [3.05, 3.63) is 68.7 Å². The van der Waals surface area contributed by atoms with E-state index in [1.807, 2.05) is 64.6 Å². The summed E-state index contributed by atoms with van der Waals surface area (Å²) in [6, 6.07) is 11.5. The van der Waals surface area contributed by atoms with Crippen LogP contribution in [0.4, 0.5) is 4.79 Å². The molecule has 3 aliphatic rings. The number of carbonyl (C=O) groups is 2. The van der Waals surface area contributed by atoms with Gasteiger partial charge in [0, 0.05) is 22.4 Å². The van der Waals surface area contributed by atoms with Crippen LogP contribution in [0.1, 0.15) is 70.2 Å². The monoisotopic (exact) mass is 557 g/mol. The number of likely N-dealkylation sites (tertiary alicyclic amines) is 1. The van der Waals surface area contributed by atoms with Gasteiger partial charge in [-0.1, -0.05) is 49.2 Å². The Morgan fingerprint density at radius 3 is 2.34 bits per heavy atom. The van der Waals surface area contributed by atoms with Crippen molar-refractivity contribution in [2.24, 2.45) is 11.0 Å². The number of nitrogens with zero attached hydrogens (tertiary/aromatic N) is 3. The van der Waals surface area contributed by atoms with Gasteiger partial charge in [0.1, 0.15) is 11.2 Å². The predicted octanol–water partition coefficient (Wildman–Crippen LogP) is 6.48.